The van der Waals surface area contributed by atoms with Crippen LogP contribution in [0.1, 0.15) is 31.9 Å². The highest BCUT2D eigenvalue weighted by atomic mass is 16.6. The first kappa shape index (κ1) is 15.7. The second kappa shape index (κ2) is 6.84. The Morgan fingerprint density at radius 1 is 1.36 bits per heavy atom. The predicted octanol–water partition coefficient (Wildman–Crippen LogP) is 3.22. The molecule has 1 amide bonds. The van der Waals surface area contributed by atoms with Crippen LogP contribution in [0, 0.1) is 17.0 Å². The van der Waals surface area contributed by atoms with E-state index in [-0.39, 0.29) is 11.6 Å². The molecule has 7 heteroatoms. The molecule has 1 N–H and O–H groups in total. The third kappa shape index (κ3) is 3.69. The number of aromatic nitrogens is 2. The van der Waals surface area contributed by atoms with Gasteiger partial charge in [-0.1, -0.05) is 13.3 Å². The summed E-state index contributed by atoms with van der Waals surface area (Å²) in [6.07, 6.45) is 2.24. The van der Waals surface area contributed by atoms with E-state index in [1.165, 1.54) is 12.1 Å². The van der Waals surface area contributed by atoms with E-state index < -0.39 is 4.92 Å². The molecule has 1 aromatic heterocycles. The van der Waals surface area contributed by atoms with E-state index in [1.54, 1.807) is 22.9 Å². The number of rotatable bonds is 6. The van der Waals surface area contributed by atoms with Crippen molar-refractivity contribution in [1.29, 1.82) is 0 Å². The Bertz CT molecular complexity index is 677. The fourth-order valence-corrected chi connectivity index (χ4v) is 2.04. The minimum absolute atomic E-state index is 0.0150. The van der Waals surface area contributed by atoms with Crippen LogP contribution >= 0.6 is 0 Å². The molecule has 0 aliphatic rings. The number of carbonyl (C=O) groups excluding carboxylic acids is 1. The lowest BCUT2D eigenvalue weighted by molar-refractivity contribution is -0.384. The van der Waals surface area contributed by atoms with Gasteiger partial charge in [0.25, 0.3) is 5.69 Å². The molecule has 0 fully saturated rings. The minimum Gasteiger partial charge on any atom is -0.311 e. The van der Waals surface area contributed by atoms with Gasteiger partial charge in [-0.05, 0) is 25.5 Å². The number of nitro benzene ring substituents is 1. The van der Waals surface area contributed by atoms with Crippen molar-refractivity contribution in [2.45, 2.75) is 33.1 Å². The monoisotopic (exact) mass is 302 g/mol. The highest BCUT2D eigenvalue weighted by molar-refractivity contribution is 5.90. The van der Waals surface area contributed by atoms with Gasteiger partial charge in [0.2, 0.25) is 5.91 Å². The van der Waals surface area contributed by atoms with E-state index >= 15 is 0 Å². The molecule has 2 aromatic rings. The van der Waals surface area contributed by atoms with Crippen molar-refractivity contribution in [3.05, 3.63) is 46.1 Å². The Balaban J connectivity index is 2.24. The molecule has 0 aliphatic heterocycles. The molecule has 0 spiro atoms. The first-order valence-corrected chi connectivity index (χ1v) is 7.12. The lowest BCUT2D eigenvalue weighted by Crippen LogP contribution is -2.14. The summed E-state index contributed by atoms with van der Waals surface area (Å²) >= 11 is 0. The first-order valence-electron chi connectivity index (χ1n) is 7.12. The molecule has 7 nitrogen and oxygen atoms in total. The third-order valence-corrected chi connectivity index (χ3v) is 3.16. The summed E-state index contributed by atoms with van der Waals surface area (Å²) in [5, 5.41) is 17.8. The highest BCUT2D eigenvalue weighted by Gasteiger charge is 2.12. The summed E-state index contributed by atoms with van der Waals surface area (Å²) in [6.45, 7) is 3.85. The maximum atomic E-state index is 11.9. The van der Waals surface area contributed by atoms with Crippen molar-refractivity contribution >= 4 is 17.4 Å². The number of amides is 1. The maximum Gasteiger partial charge on any atom is 0.269 e. The Hall–Kier alpha value is -2.70. The molecule has 0 bridgehead atoms. The number of aryl methyl sites for hydroxylation is 1. The van der Waals surface area contributed by atoms with Crippen LogP contribution in [0.5, 0.6) is 0 Å². The molecule has 2 rings (SSSR count). The van der Waals surface area contributed by atoms with Gasteiger partial charge >= 0.3 is 0 Å². The van der Waals surface area contributed by atoms with Crippen molar-refractivity contribution in [3.63, 3.8) is 0 Å². The van der Waals surface area contributed by atoms with Crippen molar-refractivity contribution in [1.82, 2.24) is 9.78 Å². The molecule has 0 saturated carbocycles. The zero-order valence-electron chi connectivity index (χ0n) is 12.6. The topological polar surface area (TPSA) is 90.1 Å². The van der Waals surface area contributed by atoms with Gasteiger partial charge in [-0.15, -0.1) is 0 Å². The number of unbranched alkanes of at least 4 members (excludes halogenated alkanes) is 1. The van der Waals surface area contributed by atoms with Crippen LogP contribution in [0.4, 0.5) is 11.5 Å². The summed E-state index contributed by atoms with van der Waals surface area (Å²) in [5.74, 6) is 0.498. The molecule has 0 atom stereocenters. The number of nitrogens with zero attached hydrogens (tertiary/aromatic N) is 3. The van der Waals surface area contributed by atoms with Crippen LogP contribution in [-0.2, 0) is 4.79 Å². The van der Waals surface area contributed by atoms with Gasteiger partial charge in [0, 0.05) is 24.6 Å². The molecule has 1 aromatic carbocycles. The second-order valence-electron chi connectivity index (χ2n) is 5.01. The number of non-ortho nitro benzene ring substituents is 1. The second-order valence-corrected chi connectivity index (χ2v) is 5.01. The molecule has 0 unspecified atom stereocenters. The highest BCUT2D eigenvalue weighted by Crippen LogP contribution is 2.20. The van der Waals surface area contributed by atoms with Gasteiger partial charge in [0.1, 0.15) is 5.82 Å². The number of hydrogen-bond acceptors (Lipinski definition) is 4. The van der Waals surface area contributed by atoms with E-state index in [1.807, 2.05) is 13.8 Å². The first-order chi connectivity index (χ1) is 10.5. The van der Waals surface area contributed by atoms with Gasteiger partial charge in [0.15, 0.2) is 0 Å². The molecule has 1 heterocycles. The molecule has 0 aliphatic carbocycles. The summed E-state index contributed by atoms with van der Waals surface area (Å²) in [6, 6.07) is 7.80. The van der Waals surface area contributed by atoms with Crippen LogP contribution in [0.2, 0.25) is 0 Å². The van der Waals surface area contributed by atoms with Crippen LogP contribution in [0.25, 0.3) is 5.69 Å². The average Bonchev–Trinajstić information content (AvgIpc) is 2.85. The fourth-order valence-electron chi connectivity index (χ4n) is 2.04. The average molecular weight is 302 g/mol. The lowest BCUT2D eigenvalue weighted by Gasteiger charge is -2.08. The van der Waals surface area contributed by atoms with E-state index in [2.05, 4.69) is 10.4 Å². The van der Waals surface area contributed by atoms with Crippen molar-refractivity contribution in [2.75, 3.05) is 5.32 Å². The number of nitro groups is 1. The number of carbonyl (C=O) groups is 1. The van der Waals surface area contributed by atoms with Gasteiger partial charge in [-0.3, -0.25) is 14.9 Å². The molecule has 0 saturated heterocycles. The van der Waals surface area contributed by atoms with Gasteiger partial charge in [-0.2, -0.15) is 5.10 Å². The van der Waals surface area contributed by atoms with Gasteiger partial charge < -0.3 is 5.32 Å². The zero-order chi connectivity index (χ0) is 16.1. The van der Waals surface area contributed by atoms with Crippen LogP contribution in [0.15, 0.2) is 30.3 Å². The summed E-state index contributed by atoms with van der Waals surface area (Å²) in [5.41, 5.74) is 1.43. The normalized spacial score (nSPS) is 10.5. The van der Waals surface area contributed by atoms with E-state index in [4.69, 9.17) is 0 Å². The van der Waals surface area contributed by atoms with Gasteiger partial charge in [-0.25, -0.2) is 4.68 Å². The van der Waals surface area contributed by atoms with Crippen molar-refractivity contribution in [2.24, 2.45) is 0 Å². The number of benzene rings is 1. The number of nitrogens with one attached hydrogen (secondary N) is 1. The Morgan fingerprint density at radius 2 is 2.05 bits per heavy atom. The molecular weight excluding hydrogens is 284 g/mol. The summed E-state index contributed by atoms with van der Waals surface area (Å²) in [4.78, 5) is 22.1. The smallest absolute Gasteiger partial charge is 0.269 e. The van der Waals surface area contributed by atoms with E-state index in [0.717, 1.165) is 18.5 Å². The van der Waals surface area contributed by atoms with E-state index in [0.29, 0.717) is 17.9 Å². The lowest BCUT2D eigenvalue weighted by atomic mass is 10.2. The van der Waals surface area contributed by atoms with E-state index in [9.17, 15) is 14.9 Å². The fraction of sp³-hybridized carbons (Fsp3) is 0.333. The third-order valence-electron chi connectivity index (χ3n) is 3.16. The summed E-state index contributed by atoms with van der Waals surface area (Å²) in [7, 11) is 0. The molecule has 0 radical (unpaired) electrons. The number of hydrogen-bond donors (Lipinski definition) is 1. The summed E-state index contributed by atoms with van der Waals surface area (Å²) < 4.78 is 1.57. The minimum atomic E-state index is -0.453. The van der Waals surface area contributed by atoms with Gasteiger partial charge in [0.05, 0.1) is 16.3 Å². The van der Waals surface area contributed by atoms with Crippen LogP contribution in [0.3, 0.4) is 0 Å². The zero-order valence-corrected chi connectivity index (χ0v) is 12.6. The maximum absolute atomic E-state index is 11.9. The quantitative estimate of drug-likeness (QED) is 0.655. The molecule has 116 valence electrons. The Kier molecular flexibility index (Phi) is 4.88. The SMILES string of the molecule is CCCCC(=O)Nc1cc(C)nn1-c1ccc([N+](=O)[O-])cc1. The van der Waals surface area contributed by atoms with Crippen LogP contribution < -0.4 is 5.32 Å². The number of anilines is 1. The molecular formula is C15H18N4O3. The molecule has 22 heavy (non-hydrogen) atoms. The standard InChI is InChI=1S/C15H18N4O3/c1-3-4-5-15(20)16-14-10-11(2)17-18(14)12-6-8-13(9-7-12)19(21)22/h6-10H,3-5H2,1-2H3,(H,16,20). The largest absolute Gasteiger partial charge is 0.311 e. The van der Waals surface area contributed by atoms with Crippen LogP contribution in [-0.4, -0.2) is 20.6 Å². The van der Waals surface area contributed by atoms with Crippen molar-refractivity contribution < 1.29 is 9.72 Å². The Morgan fingerprint density at radius 3 is 2.64 bits per heavy atom. The predicted molar refractivity (Wildman–Crippen MR) is 83.1 cm³/mol. The van der Waals surface area contributed by atoms with Crippen molar-refractivity contribution in [3.8, 4) is 5.69 Å². The Labute approximate surface area is 128 Å².